The molecule has 4 N–H and O–H groups in total. The number of benzene rings is 6. The summed E-state index contributed by atoms with van der Waals surface area (Å²) in [6, 6.07) is 35.7. The molecule has 0 saturated carbocycles. The summed E-state index contributed by atoms with van der Waals surface area (Å²) in [5.74, 6) is 1.21. The van der Waals surface area contributed by atoms with Crippen molar-refractivity contribution >= 4 is 20.0 Å². The van der Waals surface area contributed by atoms with Crippen LogP contribution in [0.25, 0.3) is 34.2 Å². The second-order valence-corrected chi connectivity index (χ2v) is 22.8. The number of hydrogen-bond donors (Lipinski definition) is 4. The molecule has 0 unspecified atom stereocenters. The Morgan fingerprint density at radius 1 is 0.547 bits per heavy atom. The highest BCUT2D eigenvalue weighted by Gasteiger charge is 2.27. The molecular weight excluding hydrogens is 1000 g/mol. The van der Waals surface area contributed by atoms with E-state index in [9.17, 15) is 36.6 Å². The number of aromatic hydroxyl groups is 2. The minimum Gasteiger partial charge on any atom is -0.508 e. The maximum atomic E-state index is 13.2. The van der Waals surface area contributed by atoms with Crippen molar-refractivity contribution in [2.75, 3.05) is 28.2 Å². The fourth-order valence-electron chi connectivity index (χ4n) is 7.99. The van der Waals surface area contributed by atoms with Gasteiger partial charge in [0.2, 0.25) is 20.0 Å². The highest BCUT2D eigenvalue weighted by atomic mass is 32.2. The molecule has 0 fully saturated rings. The van der Waals surface area contributed by atoms with E-state index in [-0.39, 0.29) is 67.3 Å². The van der Waals surface area contributed by atoms with Crippen LogP contribution in [0.5, 0.6) is 23.0 Å². The van der Waals surface area contributed by atoms with Crippen molar-refractivity contribution in [3.63, 3.8) is 0 Å². The quantitative estimate of drug-likeness (QED) is 0.0713. The van der Waals surface area contributed by atoms with Gasteiger partial charge in [0.25, 0.3) is 0 Å². The van der Waals surface area contributed by atoms with Gasteiger partial charge < -0.3 is 19.7 Å². The third-order valence-electron chi connectivity index (χ3n) is 12.2. The number of aromatic amines is 2. The second-order valence-electron chi connectivity index (χ2n) is 18.5. The number of rotatable bonds is 16. The second kappa shape index (κ2) is 23.1. The van der Waals surface area contributed by atoms with Crippen LogP contribution in [0.4, 0.5) is 4.70 Å². The molecular formula is C54H61FN8O10S2. The van der Waals surface area contributed by atoms with Gasteiger partial charge in [0.15, 0.2) is 11.6 Å². The smallest absolute Gasteiger partial charge is 0.348 e. The molecule has 21 heteroatoms. The maximum absolute atomic E-state index is 13.2. The molecule has 8 aromatic rings. The number of nitrogens with zero attached hydrogens (tertiary/aromatic N) is 6. The molecule has 75 heavy (non-hydrogen) atoms. The first-order valence-electron chi connectivity index (χ1n) is 23.5. The Labute approximate surface area is 435 Å². The van der Waals surface area contributed by atoms with Crippen LogP contribution in [-0.4, -0.2) is 93.4 Å². The molecule has 2 heterocycles. The predicted molar refractivity (Wildman–Crippen MR) is 286 cm³/mol. The van der Waals surface area contributed by atoms with E-state index in [1.807, 2.05) is 86.6 Å². The van der Waals surface area contributed by atoms with Crippen LogP contribution in [0.2, 0.25) is 0 Å². The number of ether oxygens (including phenoxy) is 2. The SMILES string of the molecule is Cc1ccc(-n2c(-c3cc(C(C)C)c(O)cc3O)n[nH]c2=O)cc1S(=O)(=O)N(C)C.Cc1ccc(-n2c(-c3cc(C(C)C)c(OCc4ccccc4)cc3OCc3ccccc3)n[nH]c2=O)cc1S(=O)(=O)N(C)C.F. The number of phenolic OH excluding ortho intramolecular Hbond substituents is 2. The minimum atomic E-state index is -3.77. The molecule has 396 valence electrons. The molecule has 0 aliphatic carbocycles. The van der Waals surface area contributed by atoms with E-state index in [1.54, 1.807) is 44.2 Å². The standard InChI is InChI=1S/C34H36N4O5S.C20H24N4O5S.FH/c1-23(2)28-19-29(33-35-36-34(39)38(33)27-17-16-24(3)32(18-27)44(40,41)37(4)5)31(43-22-26-14-10-7-11-15-26)20-30(28)42-21-25-12-8-6-9-13-25;1-11(2)14-9-15(17(26)10-16(14)25)19-21-22-20(27)24(19)13-7-6-12(3)18(8-13)30(28,29)23(4)5;/h6-20,23H,21-22H2,1-5H3,(H,36,39);6-11,25-26H,1-5H3,(H,22,27);1H. The summed E-state index contributed by atoms with van der Waals surface area (Å²) in [6.07, 6.45) is 0. The van der Waals surface area contributed by atoms with Crippen molar-refractivity contribution in [3.05, 3.63) is 176 Å². The predicted octanol–water partition coefficient (Wildman–Crippen LogP) is 8.54. The van der Waals surface area contributed by atoms with Gasteiger partial charge in [-0.05, 0) is 95.5 Å². The van der Waals surface area contributed by atoms with Gasteiger partial charge in [-0.1, -0.05) is 100 Å². The van der Waals surface area contributed by atoms with Gasteiger partial charge in [0, 0.05) is 40.3 Å². The van der Waals surface area contributed by atoms with Crippen LogP contribution in [0, 0.1) is 13.8 Å². The van der Waals surface area contributed by atoms with Gasteiger partial charge in [-0.2, -0.15) is 10.2 Å². The zero-order chi connectivity index (χ0) is 53.8. The first kappa shape index (κ1) is 56.4. The lowest BCUT2D eigenvalue weighted by Crippen LogP contribution is -2.24. The number of halogens is 1. The minimum absolute atomic E-state index is 0. The first-order chi connectivity index (χ1) is 35.0. The number of hydrogen-bond acceptors (Lipinski definition) is 12. The van der Waals surface area contributed by atoms with Crippen LogP contribution in [0.3, 0.4) is 0 Å². The summed E-state index contributed by atoms with van der Waals surface area (Å²) < 4.78 is 69.0. The summed E-state index contributed by atoms with van der Waals surface area (Å²) in [6.45, 7) is 11.9. The van der Waals surface area contributed by atoms with Crippen LogP contribution in [-0.2, 0) is 33.3 Å². The van der Waals surface area contributed by atoms with Gasteiger partial charge >= 0.3 is 11.4 Å². The van der Waals surface area contributed by atoms with Gasteiger partial charge in [0.1, 0.15) is 36.2 Å². The third kappa shape index (κ3) is 12.1. The number of aromatic nitrogens is 6. The molecule has 0 aliphatic heterocycles. The van der Waals surface area contributed by atoms with E-state index in [4.69, 9.17) is 9.47 Å². The van der Waals surface area contributed by atoms with Crippen molar-refractivity contribution in [3.8, 4) is 57.1 Å². The van der Waals surface area contributed by atoms with Gasteiger partial charge in [-0.15, -0.1) is 0 Å². The molecule has 0 amide bonds. The maximum Gasteiger partial charge on any atom is 0.348 e. The third-order valence-corrected chi connectivity index (χ3v) is 16.1. The highest BCUT2D eigenvalue weighted by molar-refractivity contribution is 7.89. The highest BCUT2D eigenvalue weighted by Crippen LogP contribution is 2.41. The molecule has 0 radical (unpaired) electrons. The number of sulfonamides is 2. The molecule has 0 spiro atoms. The summed E-state index contributed by atoms with van der Waals surface area (Å²) in [4.78, 5) is 26.0. The molecule has 0 aliphatic rings. The molecule has 18 nitrogen and oxygen atoms in total. The molecule has 0 atom stereocenters. The average molecular weight is 1070 g/mol. The van der Waals surface area contributed by atoms with Crippen LogP contribution in [0.15, 0.2) is 141 Å². The number of phenols is 2. The molecule has 0 saturated heterocycles. The number of H-pyrrole nitrogens is 2. The topological polar surface area (TPSA) is 235 Å². The summed E-state index contributed by atoms with van der Waals surface area (Å²) in [5.41, 5.74) is 4.88. The van der Waals surface area contributed by atoms with E-state index in [0.29, 0.717) is 46.0 Å². The summed E-state index contributed by atoms with van der Waals surface area (Å²) >= 11 is 0. The lowest BCUT2D eigenvalue weighted by molar-refractivity contribution is 0.288. The molecule has 2 aromatic heterocycles. The summed E-state index contributed by atoms with van der Waals surface area (Å²) in [5, 5.41) is 33.8. The molecule has 0 bridgehead atoms. The first-order valence-corrected chi connectivity index (χ1v) is 26.4. The fourth-order valence-corrected chi connectivity index (χ4v) is 10.3. The largest absolute Gasteiger partial charge is 0.508 e. The Balaban J connectivity index is 0.000000258. The van der Waals surface area contributed by atoms with E-state index >= 15 is 0 Å². The van der Waals surface area contributed by atoms with Gasteiger partial charge in [-0.3, -0.25) is 4.70 Å². The monoisotopic (exact) mass is 1060 g/mol. The van der Waals surface area contributed by atoms with Crippen molar-refractivity contribution in [2.45, 2.75) is 76.4 Å². The molecule has 8 rings (SSSR count). The number of nitrogens with one attached hydrogen (secondary N) is 2. The zero-order valence-electron chi connectivity index (χ0n) is 43.2. The van der Waals surface area contributed by atoms with Crippen LogP contribution >= 0.6 is 0 Å². The Morgan fingerprint density at radius 2 is 0.960 bits per heavy atom. The normalized spacial score (nSPS) is 11.7. The Bertz CT molecular complexity index is 3670. The van der Waals surface area contributed by atoms with Crippen molar-refractivity contribution in [1.29, 1.82) is 0 Å². The Kier molecular flexibility index (Phi) is 17.4. The van der Waals surface area contributed by atoms with Crippen LogP contribution < -0.4 is 20.9 Å². The molecule has 6 aromatic carbocycles. The Hall–Kier alpha value is -7.85. The average Bonchev–Trinajstić information content (AvgIpc) is 3.94. The van der Waals surface area contributed by atoms with Crippen LogP contribution in [0.1, 0.15) is 72.9 Å². The van der Waals surface area contributed by atoms with Crippen molar-refractivity contribution in [1.82, 2.24) is 38.1 Å². The van der Waals surface area contributed by atoms with Crippen molar-refractivity contribution < 1.29 is 41.2 Å². The van der Waals surface area contributed by atoms with E-state index in [0.717, 1.165) is 25.3 Å². The Morgan fingerprint density at radius 3 is 1.39 bits per heavy atom. The summed E-state index contributed by atoms with van der Waals surface area (Å²) in [7, 11) is -1.70. The van der Waals surface area contributed by atoms with Crippen molar-refractivity contribution in [2.24, 2.45) is 0 Å². The zero-order valence-corrected chi connectivity index (χ0v) is 44.8. The number of aryl methyl sites for hydroxylation is 2. The van der Waals surface area contributed by atoms with E-state index < -0.39 is 31.4 Å². The van der Waals surface area contributed by atoms with Gasteiger partial charge in [-0.25, -0.2) is 54.4 Å². The lowest BCUT2D eigenvalue weighted by Gasteiger charge is -2.20. The van der Waals surface area contributed by atoms with E-state index in [1.165, 1.54) is 55.5 Å². The van der Waals surface area contributed by atoms with E-state index in [2.05, 4.69) is 34.2 Å². The van der Waals surface area contributed by atoms with Gasteiger partial charge in [0.05, 0.1) is 32.3 Å². The lowest BCUT2D eigenvalue weighted by atomic mass is 9.98. The fraction of sp³-hybridized carbons (Fsp3) is 0.259.